The molecule has 0 atom stereocenters. The highest BCUT2D eigenvalue weighted by Crippen LogP contribution is 2.24. The second kappa shape index (κ2) is 8.88. The third-order valence-electron chi connectivity index (χ3n) is 3.88. The number of ether oxygens (including phenoxy) is 1. The first kappa shape index (κ1) is 18.5. The van der Waals surface area contributed by atoms with E-state index in [1.807, 2.05) is 43.3 Å². The average molecular weight is 388 g/mol. The molecule has 0 saturated heterocycles. The zero-order valence-electron chi connectivity index (χ0n) is 14.4. The van der Waals surface area contributed by atoms with Crippen molar-refractivity contribution in [2.24, 2.45) is 0 Å². The number of hydrogen-bond donors (Lipinski definition) is 1. The molecule has 3 aromatic rings. The van der Waals surface area contributed by atoms with Crippen molar-refractivity contribution in [2.75, 3.05) is 11.9 Å². The Morgan fingerprint density at radius 2 is 1.58 bits per heavy atom. The molecule has 0 aliphatic carbocycles. The molecule has 0 aliphatic rings. The maximum absolute atomic E-state index is 6.29. The lowest BCUT2D eigenvalue weighted by Gasteiger charge is -2.10. The number of hydrogen-bond acceptors (Lipinski definition) is 4. The Hall–Kier alpha value is -2.30. The number of rotatable bonds is 7. The second-order valence-electron chi connectivity index (χ2n) is 5.71. The maximum Gasteiger partial charge on any atom is 0.148 e. The van der Waals surface area contributed by atoms with E-state index in [0.29, 0.717) is 15.9 Å². The van der Waals surface area contributed by atoms with Crippen LogP contribution in [-0.2, 0) is 12.8 Å². The third kappa shape index (κ3) is 4.87. The molecule has 0 amide bonds. The van der Waals surface area contributed by atoms with Crippen LogP contribution in [0.1, 0.15) is 18.2 Å². The van der Waals surface area contributed by atoms with E-state index in [4.69, 9.17) is 27.9 Å². The fraction of sp³-hybridized carbons (Fsp3) is 0.200. The van der Waals surface area contributed by atoms with Gasteiger partial charge in [-0.2, -0.15) is 0 Å². The van der Waals surface area contributed by atoms with Crippen molar-refractivity contribution in [3.63, 3.8) is 0 Å². The van der Waals surface area contributed by atoms with Gasteiger partial charge in [-0.05, 0) is 54.8 Å². The molecule has 1 N–H and O–H groups in total. The number of nitrogens with zero attached hydrogens (tertiary/aromatic N) is 2. The minimum atomic E-state index is 0.599. The van der Waals surface area contributed by atoms with Crippen LogP contribution in [0.3, 0.4) is 0 Å². The van der Waals surface area contributed by atoms with Gasteiger partial charge in [-0.3, -0.25) is 0 Å². The van der Waals surface area contributed by atoms with Crippen molar-refractivity contribution in [3.05, 3.63) is 76.2 Å². The van der Waals surface area contributed by atoms with Crippen molar-refractivity contribution >= 4 is 29.0 Å². The molecular weight excluding hydrogens is 369 g/mol. The molecule has 4 nitrogen and oxygen atoms in total. The Balaban J connectivity index is 1.54. The van der Waals surface area contributed by atoms with E-state index in [2.05, 4.69) is 15.3 Å². The smallest absolute Gasteiger partial charge is 0.148 e. The van der Waals surface area contributed by atoms with E-state index in [0.717, 1.165) is 36.6 Å². The highest BCUT2D eigenvalue weighted by atomic mass is 35.5. The summed E-state index contributed by atoms with van der Waals surface area (Å²) >= 11 is 12.2. The molecule has 0 fully saturated rings. The first-order valence-electron chi connectivity index (χ1n) is 8.41. The lowest BCUT2D eigenvalue weighted by atomic mass is 10.1. The number of benzene rings is 2. The molecule has 2 aromatic carbocycles. The molecule has 26 heavy (non-hydrogen) atoms. The van der Waals surface area contributed by atoms with Crippen molar-refractivity contribution in [1.82, 2.24) is 9.97 Å². The van der Waals surface area contributed by atoms with E-state index < -0.39 is 0 Å². The van der Waals surface area contributed by atoms with Crippen LogP contribution in [-0.4, -0.2) is 16.5 Å². The van der Waals surface area contributed by atoms with Crippen LogP contribution >= 0.6 is 23.2 Å². The van der Waals surface area contributed by atoms with Crippen LogP contribution in [0.15, 0.2) is 54.9 Å². The van der Waals surface area contributed by atoms with E-state index in [1.54, 1.807) is 12.1 Å². The summed E-state index contributed by atoms with van der Waals surface area (Å²) in [6.07, 6.45) is 3.17. The van der Waals surface area contributed by atoms with E-state index in [1.165, 1.54) is 11.9 Å². The average Bonchev–Trinajstić information content (AvgIpc) is 2.66. The quantitative estimate of drug-likeness (QED) is 0.556. The van der Waals surface area contributed by atoms with Gasteiger partial charge in [-0.25, -0.2) is 9.97 Å². The van der Waals surface area contributed by atoms with Crippen LogP contribution in [0.2, 0.25) is 10.0 Å². The van der Waals surface area contributed by atoms with Crippen LogP contribution < -0.4 is 10.1 Å². The minimum Gasteiger partial charge on any atom is -0.457 e. The predicted octanol–water partition coefficient (Wildman–Crippen LogP) is 5.79. The highest BCUT2D eigenvalue weighted by molar-refractivity contribution is 6.33. The maximum atomic E-state index is 6.29. The number of aromatic nitrogens is 2. The van der Waals surface area contributed by atoms with Gasteiger partial charge < -0.3 is 10.1 Å². The molecule has 1 heterocycles. The Kier molecular flexibility index (Phi) is 6.31. The molecule has 1 aromatic heterocycles. The monoisotopic (exact) mass is 387 g/mol. The standard InChI is InChI=1S/C20H19Cl2N3O/c1-2-18-19(22)20(25-13-24-18)23-12-11-14-3-7-16(8-4-14)26-17-9-5-15(21)6-10-17/h3-10,13H,2,11-12H2,1H3,(H,23,24,25). The normalized spacial score (nSPS) is 10.6. The molecule has 6 heteroatoms. The van der Waals surface area contributed by atoms with Gasteiger partial charge in [0.1, 0.15) is 28.7 Å². The molecule has 0 aliphatic heterocycles. The van der Waals surface area contributed by atoms with Gasteiger partial charge in [-0.15, -0.1) is 0 Å². The Bertz CT molecular complexity index is 852. The fourth-order valence-electron chi connectivity index (χ4n) is 2.46. The van der Waals surface area contributed by atoms with E-state index >= 15 is 0 Å². The van der Waals surface area contributed by atoms with E-state index in [9.17, 15) is 0 Å². The summed E-state index contributed by atoms with van der Waals surface area (Å²) in [6.45, 7) is 2.75. The summed E-state index contributed by atoms with van der Waals surface area (Å²) in [7, 11) is 0. The van der Waals surface area contributed by atoms with Gasteiger partial charge in [0.05, 0.1) is 5.69 Å². The minimum absolute atomic E-state index is 0.599. The van der Waals surface area contributed by atoms with Gasteiger partial charge in [0.15, 0.2) is 0 Å². The summed E-state index contributed by atoms with van der Waals surface area (Å²) in [6, 6.07) is 15.3. The molecule has 0 bridgehead atoms. The SMILES string of the molecule is CCc1ncnc(NCCc2ccc(Oc3ccc(Cl)cc3)cc2)c1Cl. The highest BCUT2D eigenvalue weighted by Gasteiger charge is 2.07. The number of anilines is 1. The second-order valence-corrected chi connectivity index (χ2v) is 6.53. The molecule has 0 unspecified atom stereocenters. The Labute approximate surface area is 163 Å². The molecule has 3 rings (SSSR count). The largest absolute Gasteiger partial charge is 0.457 e. The van der Waals surface area contributed by atoms with Gasteiger partial charge in [0, 0.05) is 11.6 Å². The van der Waals surface area contributed by atoms with Crippen LogP contribution in [0.4, 0.5) is 5.82 Å². The van der Waals surface area contributed by atoms with Crippen molar-refractivity contribution < 1.29 is 4.74 Å². The van der Waals surface area contributed by atoms with Crippen LogP contribution in [0.25, 0.3) is 0 Å². The van der Waals surface area contributed by atoms with Crippen molar-refractivity contribution in [2.45, 2.75) is 19.8 Å². The fourth-order valence-corrected chi connectivity index (χ4v) is 2.89. The number of aryl methyl sites for hydroxylation is 1. The van der Waals surface area contributed by atoms with Gasteiger partial charge in [0.2, 0.25) is 0 Å². The predicted molar refractivity (Wildman–Crippen MR) is 107 cm³/mol. The molecule has 0 radical (unpaired) electrons. The Morgan fingerprint density at radius 3 is 2.23 bits per heavy atom. The summed E-state index contributed by atoms with van der Waals surface area (Å²) < 4.78 is 5.79. The zero-order chi connectivity index (χ0) is 18.4. The Morgan fingerprint density at radius 1 is 0.923 bits per heavy atom. The third-order valence-corrected chi connectivity index (χ3v) is 4.52. The summed E-state index contributed by atoms with van der Waals surface area (Å²) in [5.74, 6) is 2.23. The van der Waals surface area contributed by atoms with Gasteiger partial charge >= 0.3 is 0 Å². The lowest BCUT2D eigenvalue weighted by molar-refractivity contribution is 0.482. The summed E-state index contributed by atoms with van der Waals surface area (Å²) in [5, 5.41) is 4.56. The molecule has 0 spiro atoms. The number of nitrogens with one attached hydrogen (secondary N) is 1. The first-order chi connectivity index (χ1) is 12.7. The van der Waals surface area contributed by atoms with Crippen LogP contribution in [0, 0.1) is 0 Å². The summed E-state index contributed by atoms with van der Waals surface area (Å²) in [4.78, 5) is 8.37. The molecular formula is C20H19Cl2N3O. The first-order valence-corrected chi connectivity index (χ1v) is 9.17. The molecule has 134 valence electrons. The lowest BCUT2D eigenvalue weighted by Crippen LogP contribution is -2.08. The van der Waals surface area contributed by atoms with Gasteiger partial charge in [0.25, 0.3) is 0 Å². The molecule has 0 saturated carbocycles. The zero-order valence-corrected chi connectivity index (χ0v) is 15.9. The van der Waals surface area contributed by atoms with Crippen LogP contribution in [0.5, 0.6) is 11.5 Å². The van der Waals surface area contributed by atoms with Gasteiger partial charge in [-0.1, -0.05) is 42.3 Å². The van der Waals surface area contributed by atoms with Crippen molar-refractivity contribution in [3.8, 4) is 11.5 Å². The summed E-state index contributed by atoms with van der Waals surface area (Å²) in [5.41, 5.74) is 2.05. The topological polar surface area (TPSA) is 47.0 Å². The number of halogens is 2. The van der Waals surface area contributed by atoms with Crippen molar-refractivity contribution in [1.29, 1.82) is 0 Å². The van der Waals surface area contributed by atoms with E-state index in [-0.39, 0.29) is 0 Å².